The summed E-state index contributed by atoms with van der Waals surface area (Å²) in [6.45, 7) is 2.78. The third-order valence-corrected chi connectivity index (χ3v) is 5.74. The summed E-state index contributed by atoms with van der Waals surface area (Å²) in [6, 6.07) is 1.16. The molecule has 1 aliphatic carbocycles. The number of nitrogens with zero attached hydrogens (tertiary/aromatic N) is 2. The molecular formula is C20H24FN3O4. The molecule has 1 aliphatic heterocycles. The van der Waals surface area contributed by atoms with Crippen LogP contribution in [0.5, 0.6) is 0 Å². The first-order valence-electron chi connectivity index (χ1n) is 9.46. The number of carbonyl (C=O) groups is 1. The number of piperidine rings is 1. The lowest BCUT2D eigenvalue weighted by atomic mass is 9.99. The van der Waals surface area contributed by atoms with E-state index in [1.54, 1.807) is 14.0 Å². The zero-order valence-corrected chi connectivity index (χ0v) is 15.9. The van der Waals surface area contributed by atoms with Crippen molar-refractivity contribution in [1.82, 2.24) is 4.57 Å². The standard InChI is InChI=1S/C20H24FN3O4/c1-10-17-14(19(25)15(20(26)27)9-24(17)12-3-4-12)6-16(21)18(10)23-7-11(22)5-13(8-23)28-2/h6,9,11-13H,3-5,7-8,22H2,1-2H3,(H,26,27)/t11-,13+/m0/s1. The van der Waals surface area contributed by atoms with Gasteiger partial charge in [0.1, 0.15) is 11.4 Å². The van der Waals surface area contributed by atoms with Gasteiger partial charge >= 0.3 is 5.97 Å². The molecule has 4 rings (SSSR count). The van der Waals surface area contributed by atoms with Crippen LogP contribution in [0.4, 0.5) is 10.1 Å². The topological polar surface area (TPSA) is 97.8 Å². The molecule has 150 valence electrons. The normalized spacial score (nSPS) is 22.6. The fraction of sp³-hybridized carbons (Fsp3) is 0.500. The molecule has 7 nitrogen and oxygen atoms in total. The Morgan fingerprint density at radius 1 is 1.36 bits per heavy atom. The zero-order chi connectivity index (χ0) is 20.2. The SMILES string of the molecule is CO[C@@H]1C[C@H](N)CN(c2c(F)cc3c(=O)c(C(=O)O)cn(C4CC4)c3c2C)C1. The van der Waals surface area contributed by atoms with E-state index in [-0.39, 0.29) is 29.1 Å². The average Bonchev–Trinajstić information content (AvgIpc) is 3.46. The van der Waals surface area contributed by atoms with E-state index in [9.17, 15) is 14.7 Å². The molecule has 2 heterocycles. The van der Waals surface area contributed by atoms with Gasteiger partial charge in [-0.15, -0.1) is 0 Å². The Morgan fingerprint density at radius 2 is 2.07 bits per heavy atom. The highest BCUT2D eigenvalue weighted by molar-refractivity contribution is 5.95. The summed E-state index contributed by atoms with van der Waals surface area (Å²) in [6.07, 6.45) is 3.82. The van der Waals surface area contributed by atoms with Gasteiger partial charge in [-0.05, 0) is 37.8 Å². The molecule has 2 aliphatic rings. The van der Waals surface area contributed by atoms with Gasteiger partial charge in [0.25, 0.3) is 0 Å². The first kappa shape index (κ1) is 18.9. The van der Waals surface area contributed by atoms with Crippen LogP contribution in [-0.2, 0) is 4.74 Å². The number of aromatic nitrogens is 1. The summed E-state index contributed by atoms with van der Waals surface area (Å²) < 4.78 is 22.4. The highest BCUT2D eigenvalue weighted by Gasteiger charge is 2.32. The van der Waals surface area contributed by atoms with Crippen LogP contribution in [-0.4, -0.2) is 48.0 Å². The van der Waals surface area contributed by atoms with Crippen molar-refractivity contribution in [2.24, 2.45) is 5.73 Å². The number of aromatic carboxylic acids is 1. The Bertz CT molecular complexity index is 1010. The molecule has 0 spiro atoms. The summed E-state index contributed by atoms with van der Waals surface area (Å²) >= 11 is 0. The minimum atomic E-state index is -1.30. The number of fused-ring (bicyclic) bond motifs is 1. The number of hydrogen-bond acceptors (Lipinski definition) is 5. The highest BCUT2D eigenvalue weighted by Crippen LogP contribution is 2.40. The van der Waals surface area contributed by atoms with Crippen LogP contribution in [0.15, 0.2) is 17.1 Å². The molecule has 0 unspecified atom stereocenters. The second kappa shape index (κ2) is 6.86. The van der Waals surface area contributed by atoms with E-state index in [2.05, 4.69) is 0 Å². The van der Waals surface area contributed by atoms with Crippen LogP contribution in [0, 0.1) is 12.7 Å². The number of rotatable bonds is 4. The van der Waals surface area contributed by atoms with E-state index in [0.717, 1.165) is 12.8 Å². The molecule has 1 aromatic heterocycles. The van der Waals surface area contributed by atoms with Crippen LogP contribution < -0.4 is 16.1 Å². The van der Waals surface area contributed by atoms with Gasteiger partial charge in [0.15, 0.2) is 0 Å². The summed E-state index contributed by atoms with van der Waals surface area (Å²) in [5.74, 6) is -1.84. The number of hydrogen-bond donors (Lipinski definition) is 2. The van der Waals surface area contributed by atoms with Gasteiger partial charge < -0.3 is 25.0 Å². The molecule has 0 bridgehead atoms. The minimum absolute atomic E-state index is 0.0988. The maximum absolute atomic E-state index is 15.2. The molecule has 1 saturated carbocycles. The lowest BCUT2D eigenvalue weighted by Gasteiger charge is -2.38. The van der Waals surface area contributed by atoms with Crippen LogP contribution in [0.3, 0.4) is 0 Å². The van der Waals surface area contributed by atoms with Gasteiger partial charge in [-0.3, -0.25) is 4.79 Å². The first-order chi connectivity index (χ1) is 13.3. The lowest BCUT2D eigenvalue weighted by molar-refractivity contribution is 0.0694. The third-order valence-electron chi connectivity index (χ3n) is 5.74. The summed E-state index contributed by atoms with van der Waals surface area (Å²) in [7, 11) is 1.61. The van der Waals surface area contributed by atoms with E-state index in [0.29, 0.717) is 36.3 Å². The van der Waals surface area contributed by atoms with Crippen LogP contribution in [0.25, 0.3) is 10.9 Å². The monoisotopic (exact) mass is 389 g/mol. The number of anilines is 1. The van der Waals surface area contributed by atoms with Crippen molar-refractivity contribution >= 4 is 22.6 Å². The molecule has 2 aromatic rings. The second-order valence-electron chi connectivity index (χ2n) is 7.80. The number of nitrogens with two attached hydrogens (primary N) is 1. The van der Waals surface area contributed by atoms with Crippen molar-refractivity contribution in [3.05, 3.63) is 39.4 Å². The molecule has 1 aromatic carbocycles. The maximum Gasteiger partial charge on any atom is 0.341 e. The maximum atomic E-state index is 15.2. The van der Waals surface area contributed by atoms with E-state index in [4.69, 9.17) is 10.5 Å². The quantitative estimate of drug-likeness (QED) is 0.830. The number of pyridine rings is 1. The minimum Gasteiger partial charge on any atom is -0.477 e. The third kappa shape index (κ3) is 3.06. The van der Waals surface area contributed by atoms with Crippen LogP contribution in [0.1, 0.15) is 41.2 Å². The van der Waals surface area contributed by atoms with Crippen molar-refractivity contribution < 1.29 is 19.0 Å². The van der Waals surface area contributed by atoms with E-state index in [1.807, 2.05) is 9.47 Å². The van der Waals surface area contributed by atoms with E-state index < -0.39 is 17.2 Å². The summed E-state index contributed by atoms with van der Waals surface area (Å²) in [5.41, 5.74) is 6.79. The number of methoxy groups -OCH3 is 1. The van der Waals surface area contributed by atoms with E-state index >= 15 is 4.39 Å². The molecule has 2 fully saturated rings. The molecule has 8 heteroatoms. The molecule has 0 radical (unpaired) electrons. The highest BCUT2D eigenvalue weighted by atomic mass is 19.1. The number of carboxylic acids is 1. The zero-order valence-electron chi connectivity index (χ0n) is 15.9. The number of benzene rings is 1. The number of aryl methyl sites for hydroxylation is 1. The van der Waals surface area contributed by atoms with E-state index in [1.165, 1.54) is 12.3 Å². The van der Waals surface area contributed by atoms with Crippen molar-refractivity contribution in [2.45, 2.75) is 44.4 Å². The van der Waals surface area contributed by atoms with Gasteiger partial charge in [-0.25, -0.2) is 9.18 Å². The predicted octanol–water partition coefficient (Wildman–Crippen LogP) is 2.03. The smallest absolute Gasteiger partial charge is 0.341 e. The second-order valence-corrected chi connectivity index (χ2v) is 7.80. The predicted molar refractivity (Wildman–Crippen MR) is 104 cm³/mol. The first-order valence-corrected chi connectivity index (χ1v) is 9.46. The molecule has 1 saturated heterocycles. The average molecular weight is 389 g/mol. The van der Waals surface area contributed by atoms with Crippen molar-refractivity contribution in [2.75, 3.05) is 25.1 Å². The molecular weight excluding hydrogens is 365 g/mol. The van der Waals surface area contributed by atoms with Crippen molar-refractivity contribution in [1.29, 1.82) is 0 Å². The fourth-order valence-corrected chi connectivity index (χ4v) is 4.29. The lowest BCUT2D eigenvalue weighted by Crippen LogP contribution is -2.50. The van der Waals surface area contributed by atoms with Crippen LogP contribution in [0.2, 0.25) is 0 Å². The van der Waals surface area contributed by atoms with Gasteiger partial charge in [0.2, 0.25) is 5.43 Å². The summed E-state index contributed by atoms with van der Waals surface area (Å²) in [4.78, 5) is 26.1. The largest absolute Gasteiger partial charge is 0.477 e. The molecule has 3 N–H and O–H groups in total. The number of halogens is 1. The molecule has 0 amide bonds. The van der Waals surface area contributed by atoms with Crippen LogP contribution >= 0.6 is 0 Å². The Morgan fingerprint density at radius 3 is 2.68 bits per heavy atom. The number of carboxylic acid groups (broad SMARTS) is 1. The van der Waals surface area contributed by atoms with Gasteiger partial charge in [-0.1, -0.05) is 0 Å². The fourth-order valence-electron chi connectivity index (χ4n) is 4.29. The summed E-state index contributed by atoms with van der Waals surface area (Å²) in [5, 5.41) is 9.50. The molecule has 2 atom stereocenters. The van der Waals surface area contributed by atoms with Gasteiger partial charge in [0.05, 0.1) is 17.3 Å². The Kier molecular flexibility index (Phi) is 4.63. The molecule has 28 heavy (non-hydrogen) atoms. The van der Waals surface area contributed by atoms with Crippen molar-refractivity contribution in [3.8, 4) is 0 Å². The number of ether oxygens (including phenoxy) is 1. The Hall–Kier alpha value is -2.45. The Labute approximate surface area is 161 Å². The van der Waals surface area contributed by atoms with Gasteiger partial charge in [0, 0.05) is 43.9 Å². The Balaban J connectivity index is 1.95. The van der Waals surface area contributed by atoms with Gasteiger partial charge in [-0.2, -0.15) is 0 Å². The van der Waals surface area contributed by atoms with Crippen molar-refractivity contribution in [3.63, 3.8) is 0 Å².